The van der Waals surface area contributed by atoms with Gasteiger partial charge in [-0.15, -0.1) is 11.3 Å². The largest absolute Gasteiger partial charge is 0.469 e. The summed E-state index contributed by atoms with van der Waals surface area (Å²) in [5, 5.41) is 1.92. The molecular formula is C14H12O3S. The second-order valence-electron chi connectivity index (χ2n) is 4.47. The first-order valence-electron chi connectivity index (χ1n) is 5.87. The number of furan rings is 1. The number of carbonyl (C=O) groups excluding carboxylic acids is 2. The van der Waals surface area contributed by atoms with Crippen molar-refractivity contribution in [2.75, 3.05) is 0 Å². The molecule has 18 heavy (non-hydrogen) atoms. The maximum Gasteiger partial charge on any atom is 0.177 e. The molecule has 0 fully saturated rings. The van der Waals surface area contributed by atoms with Crippen molar-refractivity contribution in [1.29, 1.82) is 0 Å². The molecule has 1 unspecified atom stereocenters. The van der Waals surface area contributed by atoms with Gasteiger partial charge in [-0.05, 0) is 37.3 Å². The third-order valence-electron chi connectivity index (χ3n) is 3.43. The maximum absolute atomic E-state index is 12.3. The van der Waals surface area contributed by atoms with Crippen LogP contribution in [0.25, 0.3) is 0 Å². The van der Waals surface area contributed by atoms with Gasteiger partial charge in [0.2, 0.25) is 0 Å². The highest BCUT2D eigenvalue weighted by Crippen LogP contribution is 2.31. The van der Waals surface area contributed by atoms with Gasteiger partial charge < -0.3 is 4.42 Å². The predicted octanol–water partition coefficient (Wildman–Crippen LogP) is 3.28. The Balaban J connectivity index is 1.94. The average Bonchev–Trinajstić information content (AvgIpc) is 2.97. The molecule has 2 aromatic rings. The van der Waals surface area contributed by atoms with E-state index in [4.69, 9.17) is 4.42 Å². The van der Waals surface area contributed by atoms with Gasteiger partial charge in [0.1, 0.15) is 5.76 Å². The van der Waals surface area contributed by atoms with Crippen molar-refractivity contribution in [3.8, 4) is 0 Å². The summed E-state index contributed by atoms with van der Waals surface area (Å²) in [6, 6.07) is 3.47. The standard InChI is InChI=1S/C14H12O3S/c1-8-9(4-6-17-8)13(15)11-2-3-12-10(14(11)16)5-7-18-12/h4-7,11H,2-3H2,1H3. The van der Waals surface area contributed by atoms with Gasteiger partial charge in [0.05, 0.1) is 17.7 Å². The molecule has 92 valence electrons. The summed E-state index contributed by atoms with van der Waals surface area (Å²) in [5.41, 5.74) is 1.26. The highest BCUT2D eigenvalue weighted by molar-refractivity contribution is 7.10. The summed E-state index contributed by atoms with van der Waals surface area (Å²) >= 11 is 1.59. The van der Waals surface area contributed by atoms with E-state index in [9.17, 15) is 9.59 Å². The summed E-state index contributed by atoms with van der Waals surface area (Å²) in [6.07, 6.45) is 2.91. The van der Waals surface area contributed by atoms with E-state index in [1.165, 1.54) is 6.26 Å². The minimum absolute atomic E-state index is 0.0388. The van der Waals surface area contributed by atoms with Crippen molar-refractivity contribution in [1.82, 2.24) is 0 Å². The number of rotatable bonds is 2. The predicted molar refractivity (Wildman–Crippen MR) is 68.2 cm³/mol. The van der Waals surface area contributed by atoms with Gasteiger partial charge in [0.15, 0.2) is 11.6 Å². The molecular weight excluding hydrogens is 248 g/mol. The normalized spacial score (nSPS) is 18.7. The van der Waals surface area contributed by atoms with E-state index in [1.54, 1.807) is 24.3 Å². The van der Waals surface area contributed by atoms with Gasteiger partial charge in [0, 0.05) is 10.4 Å². The van der Waals surface area contributed by atoms with Crippen LogP contribution < -0.4 is 0 Å². The first-order chi connectivity index (χ1) is 8.68. The van der Waals surface area contributed by atoms with Crippen molar-refractivity contribution in [2.24, 2.45) is 5.92 Å². The summed E-state index contributed by atoms with van der Waals surface area (Å²) in [5.74, 6) is -0.0986. The number of hydrogen-bond acceptors (Lipinski definition) is 4. The molecule has 1 aliphatic rings. The van der Waals surface area contributed by atoms with E-state index < -0.39 is 5.92 Å². The van der Waals surface area contributed by atoms with E-state index in [-0.39, 0.29) is 11.6 Å². The van der Waals surface area contributed by atoms with Gasteiger partial charge in [-0.2, -0.15) is 0 Å². The number of aryl methyl sites for hydroxylation is 2. The molecule has 2 aromatic heterocycles. The third-order valence-corrected chi connectivity index (χ3v) is 4.41. The Morgan fingerprint density at radius 2 is 2.28 bits per heavy atom. The van der Waals surface area contributed by atoms with Crippen molar-refractivity contribution < 1.29 is 14.0 Å². The molecule has 3 rings (SSSR count). The van der Waals surface area contributed by atoms with Crippen LogP contribution >= 0.6 is 11.3 Å². The zero-order valence-corrected chi connectivity index (χ0v) is 10.8. The number of Topliss-reactive ketones (excluding diaryl/α,β-unsaturated/α-hetero) is 2. The maximum atomic E-state index is 12.3. The number of hydrogen-bond donors (Lipinski definition) is 0. The highest BCUT2D eigenvalue weighted by atomic mass is 32.1. The second kappa shape index (κ2) is 4.21. The first-order valence-corrected chi connectivity index (χ1v) is 6.75. The lowest BCUT2D eigenvalue weighted by Gasteiger charge is -2.19. The summed E-state index contributed by atoms with van der Waals surface area (Å²) in [7, 11) is 0. The van der Waals surface area contributed by atoms with Gasteiger partial charge >= 0.3 is 0 Å². The fourth-order valence-electron chi connectivity index (χ4n) is 2.43. The zero-order chi connectivity index (χ0) is 12.7. The van der Waals surface area contributed by atoms with E-state index in [0.29, 0.717) is 17.7 Å². The molecule has 0 aromatic carbocycles. The van der Waals surface area contributed by atoms with Crippen molar-refractivity contribution in [3.05, 3.63) is 45.5 Å². The highest BCUT2D eigenvalue weighted by Gasteiger charge is 2.34. The molecule has 0 saturated carbocycles. The zero-order valence-electron chi connectivity index (χ0n) is 9.93. The summed E-state index contributed by atoms with van der Waals surface area (Å²) in [6.45, 7) is 1.75. The smallest absolute Gasteiger partial charge is 0.177 e. The molecule has 1 aliphatic carbocycles. The Bertz CT molecular complexity index is 621. The van der Waals surface area contributed by atoms with E-state index in [0.717, 1.165) is 16.9 Å². The molecule has 0 spiro atoms. The molecule has 0 radical (unpaired) electrons. The summed E-state index contributed by atoms with van der Waals surface area (Å²) in [4.78, 5) is 25.7. The minimum atomic E-state index is -0.539. The lowest BCUT2D eigenvalue weighted by atomic mass is 9.82. The minimum Gasteiger partial charge on any atom is -0.469 e. The van der Waals surface area contributed by atoms with Crippen LogP contribution in [0.5, 0.6) is 0 Å². The Morgan fingerprint density at radius 3 is 3.00 bits per heavy atom. The van der Waals surface area contributed by atoms with Crippen LogP contribution in [0.1, 0.15) is 37.8 Å². The topological polar surface area (TPSA) is 47.3 Å². The Hall–Kier alpha value is -1.68. The molecule has 0 bridgehead atoms. The first kappa shape index (κ1) is 11.4. The third kappa shape index (κ3) is 1.64. The van der Waals surface area contributed by atoms with Crippen LogP contribution in [0, 0.1) is 12.8 Å². The van der Waals surface area contributed by atoms with Crippen LogP contribution in [-0.2, 0) is 6.42 Å². The van der Waals surface area contributed by atoms with Crippen LogP contribution in [0.2, 0.25) is 0 Å². The lowest BCUT2D eigenvalue weighted by molar-refractivity contribution is 0.0791. The fraction of sp³-hybridized carbons (Fsp3) is 0.286. The van der Waals surface area contributed by atoms with Gasteiger partial charge in [-0.1, -0.05) is 0 Å². The molecule has 2 heterocycles. The van der Waals surface area contributed by atoms with Crippen LogP contribution in [0.15, 0.2) is 28.2 Å². The van der Waals surface area contributed by atoms with Gasteiger partial charge in [0.25, 0.3) is 0 Å². The molecule has 0 aliphatic heterocycles. The van der Waals surface area contributed by atoms with Crippen molar-refractivity contribution in [2.45, 2.75) is 19.8 Å². The molecule has 0 saturated heterocycles. The quantitative estimate of drug-likeness (QED) is 0.615. The van der Waals surface area contributed by atoms with E-state index in [2.05, 4.69) is 0 Å². The Kier molecular flexibility index (Phi) is 2.67. The molecule has 0 N–H and O–H groups in total. The van der Waals surface area contributed by atoms with Gasteiger partial charge in [-0.25, -0.2) is 0 Å². The molecule has 4 heteroatoms. The van der Waals surface area contributed by atoms with E-state index >= 15 is 0 Å². The van der Waals surface area contributed by atoms with Crippen molar-refractivity contribution in [3.63, 3.8) is 0 Å². The number of fused-ring (bicyclic) bond motifs is 1. The molecule has 1 atom stereocenters. The van der Waals surface area contributed by atoms with Crippen LogP contribution in [0.3, 0.4) is 0 Å². The Labute approximate surface area is 108 Å². The van der Waals surface area contributed by atoms with Gasteiger partial charge in [-0.3, -0.25) is 9.59 Å². The summed E-state index contributed by atoms with van der Waals surface area (Å²) < 4.78 is 5.14. The number of ketones is 2. The Morgan fingerprint density at radius 1 is 1.44 bits per heavy atom. The van der Waals surface area contributed by atoms with E-state index in [1.807, 2.05) is 11.4 Å². The number of carbonyl (C=O) groups is 2. The van der Waals surface area contributed by atoms with Crippen LogP contribution in [-0.4, -0.2) is 11.6 Å². The monoisotopic (exact) mass is 260 g/mol. The lowest BCUT2D eigenvalue weighted by Crippen LogP contribution is -2.28. The second-order valence-corrected chi connectivity index (χ2v) is 5.47. The van der Waals surface area contributed by atoms with Crippen molar-refractivity contribution >= 4 is 22.9 Å². The average molecular weight is 260 g/mol. The molecule has 3 nitrogen and oxygen atoms in total. The SMILES string of the molecule is Cc1occc1C(=O)C1CCc2sccc2C1=O. The van der Waals surface area contributed by atoms with Crippen LogP contribution in [0.4, 0.5) is 0 Å². The fourth-order valence-corrected chi connectivity index (χ4v) is 3.33. The number of thiophene rings is 1. The molecule has 0 amide bonds.